The molecule has 84 valence electrons. The van der Waals surface area contributed by atoms with Crippen LogP contribution in [0.15, 0.2) is 0 Å². The Morgan fingerprint density at radius 3 is 2.36 bits per heavy atom. The van der Waals surface area contributed by atoms with E-state index in [0.29, 0.717) is 6.42 Å². The molecule has 0 aromatic heterocycles. The lowest BCUT2D eigenvalue weighted by atomic mass is 9.87. The van der Waals surface area contributed by atoms with Crippen LogP contribution < -0.4 is 0 Å². The van der Waals surface area contributed by atoms with E-state index in [1.165, 1.54) is 7.11 Å². The van der Waals surface area contributed by atoms with Gasteiger partial charge in [0.25, 0.3) is 0 Å². The molecule has 1 fully saturated rings. The lowest BCUT2D eigenvalue weighted by Crippen LogP contribution is -2.55. The molecule has 2 unspecified atom stereocenters. The van der Waals surface area contributed by atoms with Gasteiger partial charge in [-0.3, -0.25) is 0 Å². The summed E-state index contributed by atoms with van der Waals surface area (Å²) in [6.07, 6.45) is -2.64. The van der Waals surface area contributed by atoms with Crippen LogP contribution >= 0.6 is 0 Å². The Bertz CT molecular complexity index is 173. The van der Waals surface area contributed by atoms with Crippen molar-refractivity contribution in [3.8, 4) is 0 Å². The molecule has 5 atom stereocenters. The molecule has 1 saturated heterocycles. The van der Waals surface area contributed by atoms with Crippen molar-refractivity contribution in [2.75, 3.05) is 13.7 Å². The first kappa shape index (κ1) is 11.9. The Morgan fingerprint density at radius 2 is 1.93 bits per heavy atom. The van der Waals surface area contributed by atoms with Crippen molar-refractivity contribution in [3.05, 3.63) is 0 Å². The highest BCUT2D eigenvalue weighted by Crippen LogP contribution is 2.28. The minimum atomic E-state index is -1.05. The fourth-order valence-corrected chi connectivity index (χ4v) is 1.87. The zero-order valence-corrected chi connectivity index (χ0v) is 8.46. The Labute approximate surface area is 83.3 Å². The average molecular weight is 206 g/mol. The molecule has 5 nitrogen and oxygen atoms in total. The Kier molecular flexibility index (Phi) is 4.28. The summed E-state index contributed by atoms with van der Waals surface area (Å²) in [6, 6.07) is 0. The molecule has 1 aliphatic rings. The van der Waals surface area contributed by atoms with Gasteiger partial charge in [0, 0.05) is 13.0 Å². The summed E-state index contributed by atoms with van der Waals surface area (Å²) in [5.41, 5.74) is 0. The molecular weight excluding hydrogens is 188 g/mol. The first-order valence-corrected chi connectivity index (χ1v) is 4.80. The van der Waals surface area contributed by atoms with Gasteiger partial charge in [0.1, 0.15) is 6.10 Å². The van der Waals surface area contributed by atoms with Crippen molar-refractivity contribution >= 4 is 0 Å². The molecule has 0 bridgehead atoms. The second-order valence-electron chi connectivity index (χ2n) is 3.51. The fourth-order valence-electron chi connectivity index (χ4n) is 1.87. The highest BCUT2D eigenvalue weighted by molar-refractivity contribution is 4.87. The quantitative estimate of drug-likeness (QED) is 0.557. The van der Waals surface area contributed by atoms with Gasteiger partial charge in [-0.15, -0.1) is 0 Å². The summed E-state index contributed by atoms with van der Waals surface area (Å²) in [6.45, 7) is 1.70. The maximum atomic E-state index is 9.72. The van der Waals surface area contributed by atoms with Crippen LogP contribution in [0, 0.1) is 5.92 Å². The fraction of sp³-hybridized carbons (Fsp3) is 1.00. The van der Waals surface area contributed by atoms with Crippen LogP contribution in [0.5, 0.6) is 0 Å². The molecule has 1 heterocycles. The maximum Gasteiger partial charge on any atom is 0.186 e. The van der Waals surface area contributed by atoms with Gasteiger partial charge in [-0.05, 0) is 6.42 Å². The molecule has 5 heteroatoms. The Balaban J connectivity index is 2.71. The van der Waals surface area contributed by atoms with Gasteiger partial charge in [-0.1, -0.05) is 6.92 Å². The average Bonchev–Trinajstić information content (AvgIpc) is 2.21. The number of hydrogen-bond acceptors (Lipinski definition) is 5. The standard InChI is InChI=1S/C9H18O5/c1-3-5-6(4-10)14-9(13-2)8(12)7(5)11/h5-12H,3-4H2,1-2H3/t5-,6?,7?,8+,9-/m1/s1. The van der Waals surface area contributed by atoms with E-state index in [-0.39, 0.29) is 12.5 Å². The van der Waals surface area contributed by atoms with E-state index >= 15 is 0 Å². The number of aliphatic hydroxyl groups excluding tert-OH is 3. The van der Waals surface area contributed by atoms with Crippen LogP contribution in [0.4, 0.5) is 0 Å². The zero-order chi connectivity index (χ0) is 10.7. The molecule has 3 N–H and O–H groups in total. The molecule has 1 rings (SSSR count). The van der Waals surface area contributed by atoms with E-state index in [4.69, 9.17) is 14.6 Å². The first-order valence-electron chi connectivity index (χ1n) is 4.80. The second kappa shape index (κ2) is 5.04. The number of aliphatic hydroxyl groups is 3. The van der Waals surface area contributed by atoms with Crippen LogP contribution in [0.25, 0.3) is 0 Å². The minimum absolute atomic E-state index is 0.178. The van der Waals surface area contributed by atoms with Crippen molar-refractivity contribution < 1.29 is 24.8 Å². The normalized spacial score (nSPS) is 43.9. The topological polar surface area (TPSA) is 79.2 Å². The van der Waals surface area contributed by atoms with E-state index in [2.05, 4.69) is 0 Å². The summed E-state index contributed by atoms with van der Waals surface area (Å²) in [5, 5.41) is 28.3. The van der Waals surface area contributed by atoms with Gasteiger partial charge < -0.3 is 24.8 Å². The number of rotatable bonds is 3. The summed E-state index contributed by atoms with van der Waals surface area (Å²) < 4.78 is 10.1. The lowest BCUT2D eigenvalue weighted by molar-refractivity contribution is -0.283. The van der Waals surface area contributed by atoms with E-state index < -0.39 is 24.6 Å². The zero-order valence-electron chi connectivity index (χ0n) is 8.46. The molecule has 0 amide bonds. The van der Waals surface area contributed by atoms with Crippen LogP contribution in [0.2, 0.25) is 0 Å². The molecule has 0 radical (unpaired) electrons. The van der Waals surface area contributed by atoms with Gasteiger partial charge in [-0.2, -0.15) is 0 Å². The molecule has 0 saturated carbocycles. The van der Waals surface area contributed by atoms with Crippen molar-refractivity contribution in [3.63, 3.8) is 0 Å². The minimum Gasteiger partial charge on any atom is -0.394 e. The van der Waals surface area contributed by atoms with Crippen molar-refractivity contribution in [1.29, 1.82) is 0 Å². The van der Waals surface area contributed by atoms with E-state index in [9.17, 15) is 10.2 Å². The van der Waals surface area contributed by atoms with Crippen LogP contribution in [0.3, 0.4) is 0 Å². The van der Waals surface area contributed by atoms with Crippen molar-refractivity contribution in [1.82, 2.24) is 0 Å². The number of methoxy groups -OCH3 is 1. The molecule has 0 spiro atoms. The van der Waals surface area contributed by atoms with Gasteiger partial charge in [0.05, 0.1) is 18.8 Å². The smallest absolute Gasteiger partial charge is 0.186 e. The van der Waals surface area contributed by atoms with Gasteiger partial charge >= 0.3 is 0 Å². The predicted octanol–water partition coefficient (Wildman–Crippen LogP) is -0.902. The Morgan fingerprint density at radius 1 is 1.29 bits per heavy atom. The highest BCUT2D eigenvalue weighted by atomic mass is 16.7. The van der Waals surface area contributed by atoms with Crippen molar-refractivity contribution in [2.24, 2.45) is 5.92 Å². The summed E-state index contributed by atoms with van der Waals surface area (Å²) >= 11 is 0. The lowest BCUT2D eigenvalue weighted by Gasteiger charge is -2.41. The SMILES string of the molecule is CC[C@@H]1C(CO)O[C@@H](OC)[C@@H](O)C1O. The van der Waals surface area contributed by atoms with Gasteiger partial charge in [0.2, 0.25) is 0 Å². The predicted molar refractivity (Wildman–Crippen MR) is 48.6 cm³/mol. The summed E-state index contributed by atoms with van der Waals surface area (Å²) in [7, 11) is 1.39. The first-order chi connectivity index (χ1) is 6.65. The third-order valence-corrected chi connectivity index (χ3v) is 2.74. The van der Waals surface area contributed by atoms with Crippen LogP contribution in [0.1, 0.15) is 13.3 Å². The maximum absolute atomic E-state index is 9.72. The highest BCUT2D eigenvalue weighted by Gasteiger charge is 2.43. The van der Waals surface area contributed by atoms with E-state index in [0.717, 1.165) is 0 Å². The van der Waals surface area contributed by atoms with Crippen LogP contribution in [-0.2, 0) is 9.47 Å². The summed E-state index contributed by atoms with van der Waals surface area (Å²) in [4.78, 5) is 0. The molecular formula is C9H18O5. The second-order valence-corrected chi connectivity index (χ2v) is 3.51. The molecule has 1 aliphatic heterocycles. The van der Waals surface area contributed by atoms with Crippen LogP contribution in [-0.4, -0.2) is 53.6 Å². The monoisotopic (exact) mass is 206 g/mol. The van der Waals surface area contributed by atoms with Gasteiger partial charge in [-0.25, -0.2) is 0 Å². The Hall–Kier alpha value is -0.200. The molecule has 0 aliphatic carbocycles. The third kappa shape index (κ3) is 2.07. The number of ether oxygens (including phenoxy) is 2. The van der Waals surface area contributed by atoms with E-state index in [1.807, 2.05) is 6.92 Å². The number of hydrogen-bond donors (Lipinski definition) is 3. The molecule has 14 heavy (non-hydrogen) atoms. The molecule has 0 aromatic carbocycles. The molecule has 0 aromatic rings. The van der Waals surface area contributed by atoms with Gasteiger partial charge in [0.15, 0.2) is 6.29 Å². The third-order valence-electron chi connectivity index (χ3n) is 2.74. The van der Waals surface area contributed by atoms with E-state index in [1.54, 1.807) is 0 Å². The summed E-state index contributed by atoms with van der Waals surface area (Å²) in [5.74, 6) is -0.249. The van der Waals surface area contributed by atoms with Crippen molar-refractivity contribution in [2.45, 2.75) is 37.9 Å². The largest absolute Gasteiger partial charge is 0.394 e.